The van der Waals surface area contributed by atoms with Gasteiger partial charge in [0.1, 0.15) is 11.5 Å². The van der Waals surface area contributed by atoms with E-state index in [1.807, 2.05) is 29.6 Å². The predicted molar refractivity (Wildman–Crippen MR) is 118 cm³/mol. The van der Waals surface area contributed by atoms with Crippen LogP contribution in [0.1, 0.15) is 13.8 Å². The molecule has 0 radical (unpaired) electrons. The number of methoxy groups -OCH3 is 1. The molecule has 0 bridgehead atoms. The average Bonchev–Trinajstić information content (AvgIpc) is 3.29. The summed E-state index contributed by atoms with van der Waals surface area (Å²) in [5, 5.41) is 9.74. The Labute approximate surface area is 182 Å². The number of carbonyl (C=O) groups excluding carboxylic acids is 1. The summed E-state index contributed by atoms with van der Waals surface area (Å²) in [6.45, 7) is 3.35. The SMILES string of the molecule is COc1ccccc1-c1csc2nc(NC(=O)C(C)(C)Oc3ccc(Cl)cc3)nn12. The molecule has 7 nitrogen and oxygen atoms in total. The summed E-state index contributed by atoms with van der Waals surface area (Å²) >= 11 is 7.32. The highest BCUT2D eigenvalue weighted by molar-refractivity contribution is 7.15. The molecule has 0 saturated carbocycles. The van der Waals surface area contributed by atoms with Crippen molar-refractivity contribution in [3.8, 4) is 22.8 Å². The van der Waals surface area contributed by atoms with Crippen LogP contribution in [-0.2, 0) is 4.79 Å². The molecule has 0 aliphatic rings. The van der Waals surface area contributed by atoms with Gasteiger partial charge in [-0.2, -0.15) is 4.98 Å². The van der Waals surface area contributed by atoms with Gasteiger partial charge in [0.25, 0.3) is 11.9 Å². The Balaban J connectivity index is 1.56. The van der Waals surface area contributed by atoms with Crippen molar-refractivity contribution in [1.29, 1.82) is 0 Å². The van der Waals surface area contributed by atoms with Gasteiger partial charge in [-0.1, -0.05) is 23.7 Å². The predicted octanol–water partition coefficient (Wildman–Crippen LogP) is 4.92. The van der Waals surface area contributed by atoms with Gasteiger partial charge in [-0.05, 0) is 50.2 Å². The van der Waals surface area contributed by atoms with Crippen LogP contribution in [0.5, 0.6) is 11.5 Å². The third-order valence-electron chi connectivity index (χ3n) is 4.42. The fraction of sp³-hybridized carbons (Fsp3) is 0.190. The van der Waals surface area contributed by atoms with Crippen LogP contribution in [0.2, 0.25) is 5.02 Å². The van der Waals surface area contributed by atoms with Crippen molar-refractivity contribution in [2.45, 2.75) is 19.4 Å². The molecule has 30 heavy (non-hydrogen) atoms. The minimum absolute atomic E-state index is 0.204. The number of carbonyl (C=O) groups is 1. The number of anilines is 1. The zero-order chi connectivity index (χ0) is 21.3. The molecule has 2 aromatic heterocycles. The van der Waals surface area contributed by atoms with Gasteiger partial charge in [-0.3, -0.25) is 10.1 Å². The van der Waals surface area contributed by atoms with E-state index in [2.05, 4.69) is 15.4 Å². The lowest BCUT2D eigenvalue weighted by molar-refractivity contribution is -0.128. The zero-order valence-electron chi connectivity index (χ0n) is 16.5. The van der Waals surface area contributed by atoms with Crippen molar-refractivity contribution in [1.82, 2.24) is 14.6 Å². The number of halogens is 1. The van der Waals surface area contributed by atoms with Crippen molar-refractivity contribution in [3.05, 3.63) is 58.9 Å². The minimum Gasteiger partial charge on any atom is -0.496 e. The van der Waals surface area contributed by atoms with Gasteiger partial charge in [0.05, 0.1) is 12.8 Å². The molecule has 1 N–H and O–H groups in total. The largest absolute Gasteiger partial charge is 0.496 e. The van der Waals surface area contributed by atoms with Crippen LogP contribution in [0, 0.1) is 0 Å². The van der Waals surface area contributed by atoms with E-state index < -0.39 is 5.60 Å². The number of nitrogens with zero attached hydrogens (tertiary/aromatic N) is 3. The molecule has 4 rings (SSSR count). The normalized spacial score (nSPS) is 11.5. The molecule has 154 valence electrons. The van der Waals surface area contributed by atoms with Crippen LogP contribution in [0.25, 0.3) is 16.2 Å². The highest BCUT2D eigenvalue weighted by Gasteiger charge is 2.31. The summed E-state index contributed by atoms with van der Waals surface area (Å²) < 4.78 is 13.0. The van der Waals surface area contributed by atoms with Gasteiger partial charge < -0.3 is 9.47 Å². The topological polar surface area (TPSA) is 77.8 Å². The molecule has 2 heterocycles. The van der Waals surface area contributed by atoms with Crippen molar-refractivity contribution in [3.63, 3.8) is 0 Å². The quantitative estimate of drug-likeness (QED) is 0.458. The summed E-state index contributed by atoms with van der Waals surface area (Å²) in [5.74, 6) is 1.11. The van der Waals surface area contributed by atoms with Gasteiger partial charge >= 0.3 is 0 Å². The van der Waals surface area contributed by atoms with Crippen molar-refractivity contribution >= 4 is 39.8 Å². The highest BCUT2D eigenvalue weighted by atomic mass is 35.5. The number of fused-ring (bicyclic) bond motifs is 1. The maximum atomic E-state index is 12.8. The van der Waals surface area contributed by atoms with E-state index in [0.29, 0.717) is 15.7 Å². The van der Waals surface area contributed by atoms with Crippen LogP contribution in [0.4, 0.5) is 5.95 Å². The number of hydrogen-bond donors (Lipinski definition) is 1. The van der Waals surface area contributed by atoms with Gasteiger partial charge in [-0.15, -0.1) is 16.4 Å². The smallest absolute Gasteiger partial charge is 0.270 e. The first-order valence-corrected chi connectivity index (χ1v) is 10.4. The van der Waals surface area contributed by atoms with Gasteiger partial charge in [0.15, 0.2) is 5.60 Å². The number of ether oxygens (including phenoxy) is 2. The fourth-order valence-corrected chi connectivity index (χ4v) is 3.82. The van der Waals surface area contributed by atoms with Crippen LogP contribution < -0.4 is 14.8 Å². The molecule has 0 aliphatic heterocycles. The Morgan fingerprint density at radius 2 is 1.90 bits per heavy atom. The van der Waals surface area contributed by atoms with Crippen LogP contribution in [0.15, 0.2) is 53.9 Å². The first-order chi connectivity index (χ1) is 14.4. The summed E-state index contributed by atoms with van der Waals surface area (Å²) in [7, 11) is 1.62. The number of thiazole rings is 1. The van der Waals surface area contributed by atoms with E-state index in [1.54, 1.807) is 49.7 Å². The molecular weight excluding hydrogens is 424 g/mol. The van der Waals surface area contributed by atoms with Crippen molar-refractivity contribution in [2.75, 3.05) is 12.4 Å². The van der Waals surface area contributed by atoms with Gasteiger partial charge in [-0.25, -0.2) is 4.52 Å². The molecular formula is C21H19ClN4O3S. The Morgan fingerprint density at radius 1 is 1.17 bits per heavy atom. The molecule has 2 aromatic carbocycles. The Morgan fingerprint density at radius 3 is 2.63 bits per heavy atom. The molecule has 0 aliphatic carbocycles. The van der Waals surface area contributed by atoms with E-state index in [1.165, 1.54) is 11.3 Å². The molecule has 0 spiro atoms. The van der Waals surface area contributed by atoms with Gasteiger partial charge in [0, 0.05) is 16.0 Å². The summed E-state index contributed by atoms with van der Waals surface area (Å²) in [6, 6.07) is 14.5. The maximum absolute atomic E-state index is 12.8. The summed E-state index contributed by atoms with van der Waals surface area (Å²) in [6.07, 6.45) is 0. The second-order valence-electron chi connectivity index (χ2n) is 6.97. The van der Waals surface area contributed by atoms with Crippen molar-refractivity contribution in [2.24, 2.45) is 0 Å². The number of benzene rings is 2. The molecule has 0 atom stereocenters. The Bertz CT molecular complexity index is 1200. The minimum atomic E-state index is -1.14. The van der Waals surface area contributed by atoms with Crippen LogP contribution in [0.3, 0.4) is 0 Å². The number of nitrogens with one attached hydrogen (secondary N) is 1. The number of amides is 1. The molecule has 0 unspecified atom stereocenters. The Hall–Kier alpha value is -3.10. The lowest BCUT2D eigenvalue weighted by atomic mass is 10.1. The first-order valence-electron chi connectivity index (χ1n) is 9.11. The average molecular weight is 443 g/mol. The zero-order valence-corrected chi connectivity index (χ0v) is 18.1. The summed E-state index contributed by atoms with van der Waals surface area (Å²) in [5.41, 5.74) is 0.579. The van der Waals surface area contributed by atoms with E-state index in [0.717, 1.165) is 17.0 Å². The van der Waals surface area contributed by atoms with Crippen LogP contribution in [-0.4, -0.2) is 33.2 Å². The maximum Gasteiger partial charge on any atom is 0.270 e. The summed E-state index contributed by atoms with van der Waals surface area (Å²) in [4.78, 5) is 17.9. The fourth-order valence-electron chi connectivity index (χ4n) is 2.87. The molecule has 0 fully saturated rings. The van der Waals surface area contributed by atoms with E-state index in [4.69, 9.17) is 21.1 Å². The monoisotopic (exact) mass is 442 g/mol. The second-order valence-corrected chi connectivity index (χ2v) is 8.24. The first kappa shape index (κ1) is 20.2. The van der Waals surface area contributed by atoms with E-state index in [-0.39, 0.29) is 11.9 Å². The lowest BCUT2D eigenvalue weighted by Gasteiger charge is -2.24. The number of hydrogen-bond acceptors (Lipinski definition) is 6. The highest BCUT2D eigenvalue weighted by Crippen LogP contribution is 2.32. The number of rotatable bonds is 6. The van der Waals surface area contributed by atoms with Gasteiger partial charge in [0.2, 0.25) is 4.96 Å². The molecule has 4 aromatic rings. The molecule has 1 amide bonds. The third kappa shape index (κ3) is 3.96. The number of aromatic nitrogens is 3. The van der Waals surface area contributed by atoms with Crippen molar-refractivity contribution < 1.29 is 14.3 Å². The molecule has 0 saturated heterocycles. The lowest BCUT2D eigenvalue weighted by Crippen LogP contribution is -2.42. The second kappa shape index (κ2) is 7.97. The van der Waals surface area contributed by atoms with E-state index in [9.17, 15) is 4.79 Å². The molecule has 9 heteroatoms. The van der Waals surface area contributed by atoms with E-state index >= 15 is 0 Å². The standard InChI is InChI=1S/C21H19ClN4O3S/c1-21(2,29-14-10-8-13(22)9-11-14)18(27)23-19-24-20-26(25-19)16(12-30-20)15-6-4-5-7-17(15)28-3/h4-12H,1-3H3,(H,23,25,27). The third-order valence-corrected chi connectivity index (χ3v) is 5.49. The number of para-hydroxylation sites is 1. The van der Waals surface area contributed by atoms with Crippen LogP contribution >= 0.6 is 22.9 Å². The Kier molecular flexibility index (Phi) is 5.36.